The number of carbonyl (C=O) groups excluding carboxylic acids is 1. The molecule has 1 amide bonds. The third kappa shape index (κ3) is 3.01. The molecule has 98 valence electrons. The highest BCUT2D eigenvalue weighted by Crippen LogP contribution is 2.17. The summed E-state index contributed by atoms with van der Waals surface area (Å²) in [4.78, 5) is 12.1. The van der Waals surface area contributed by atoms with Crippen molar-refractivity contribution in [1.82, 2.24) is 5.32 Å². The minimum atomic E-state index is -0.0911. The van der Waals surface area contributed by atoms with Gasteiger partial charge in [0.25, 0.3) is 5.91 Å². The van der Waals surface area contributed by atoms with Crippen molar-refractivity contribution in [2.75, 3.05) is 12.3 Å². The number of nitrogen functional groups attached to an aromatic ring is 1. The smallest absolute Gasteiger partial charge is 0.253 e. The maximum Gasteiger partial charge on any atom is 0.253 e. The summed E-state index contributed by atoms with van der Waals surface area (Å²) < 4.78 is 5.46. The molecule has 4 nitrogen and oxygen atoms in total. The van der Waals surface area contributed by atoms with E-state index in [2.05, 4.69) is 5.32 Å². The van der Waals surface area contributed by atoms with Crippen molar-refractivity contribution >= 4 is 11.6 Å². The molecule has 1 aromatic rings. The van der Waals surface area contributed by atoms with Gasteiger partial charge < -0.3 is 15.8 Å². The van der Waals surface area contributed by atoms with Crippen LogP contribution in [0.15, 0.2) is 18.2 Å². The molecule has 1 aliphatic rings. The third-order valence-electron chi connectivity index (χ3n) is 3.27. The lowest BCUT2D eigenvalue weighted by Crippen LogP contribution is -2.41. The average molecular weight is 248 g/mol. The number of hydrogen-bond acceptors (Lipinski definition) is 3. The molecule has 0 saturated carbocycles. The maximum absolute atomic E-state index is 12.1. The van der Waals surface area contributed by atoms with Crippen LogP contribution >= 0.6 is 0 Å². The van der Waals surface area contributed by atoms with Crippen LogP contribution in [0.3, 0.4) is 0 Å². The van der Waals surface area contributed by atoms with Crippen molar-refractivity contribution in [3.8, 4) is 0 Å². The maximum atomic E-state index is 12.1. The van der Waals surface area contributed by atoms with Gasteiger partial charge in [-0.3, -0.25) is 4.79 Å². The molecule has 0 aliphatic carbocycles. The molecule has 1 saturated heterocycles. The fourth-order valence-corrected chi connectivity index (χ4v) is 2.28. The van der Waals surface area contributed by atoms with Crippen molar-refractivity contribution in [2.24, 2.45) is 0 Å². The van der Waals surface area contributed by atoms with Crippen LogP contribution in [0.25, 0.3) is 0 Å². The highest BCUT2D eigenvalue weighted by atomic mass is 16.5. The van der Waals surface area contributed by atoms with Gasteiger partial charge in [0, 0.05) is 18.3 Å². The summed E-state index contributed by atoms with van der Waals surface area (Å²) in [7, 11) is 0. The molecule has 0 radical (unpaired) electrons. The Hall–Kier alpha value is -1.55. The molecular formula is C14H20N2O2. The predicted molar refractivity (Wildman–Crippen MR) is 71.5 cm³/mol. The molecule has 2 atom stereocenters. The first-order valence-electron chi connectivity index (χ1n) is 6.35. The lowest BCUT2D eigenvalue weighted by molar-refractivity contribution is 0.0137. The quantitative estimate of drug-likeness (QED) is 0.785. The van der Waals surface area contributed by atoms with Crippen LogP contribution in [-0.2, 0) is 4.74 Å². The SMILES string of the molecule is Cc1ccc(C(=O)NC2CCOC(C)C2)c(N)c1. The zero-order valence-electron chi connectivity index (χ0n) is 10.9. The number of hydrogen-bond donors (Lipinski definition) is 2. The van der Waals surface area contributed by atoms with Crippen LogP contribution < -0.4 is 11.1 Å². The molecule has 3 N–H and O–H groups in total. The molecule has 0 aromatic heterocycles. The van der Waals surface area contributed by atoms with Crippen molar-refractivity contribution in [3.05, 3.63) is 29.3 Å². The zero-order chi connectivity index (χ0) is 13.1. The van der Waals surface area contributed by atoms with Gasteiger partial charge in [0.1, 0.15) is 0 Å². The third-order valence-corrected chi connectivity index (χ3v) is 3.27. The molecule has 0 spiro atoms. The van der Waals surface area contributed by atoms with E-state index in [0.29, 0.717) is 17.9 Å². The van der Waals surface area contributed by atoms with Crippen molar-refractivity contribution in [3.63, 3.8) is 0 Å². The van der Waals surface area contributed by atoms with E-state index in [-0.39, 0.29) is 18.1 Å². The molecule has 2 rings (SSSR count). The summed E-state index contributed by atoms with van der Waals surface area (Å²) in [6, 6.07) is 5.68. The lowest BCUT2D eigenvalue weighted by atomic mass is 10.0. The number of nitrogens with one attached hydrogen (secondary N) is 1. The van der Waals surface area contributed by atoms with Gasteiger partial charge in [-0.05, 0) is 44.4 Å². The second kappa shape index (κ2) is 5.40. The number of carbonyl (C=O) groups is 1. The Morgan fingerprint density at radius 2 is 2.28 bits per heavy atom. The molecule has 1 heterocycles. The Balaban J connectivity index is 2.03. The van der Waals surface area contributed by atoms with E-state index in [1.807, 2.05) is 26.0 Å². The van der Waals surface area contributed by atoms with E-state index < -0.39 is 0 Å². The lowest BCUT2D eigenvalue weighted by Gasteiger charge is -2.28. The van der Waals surface area contributed by atoms with Crippen LogP contribution in [0.5, 0.6) is 0 Å². The highest BCUT2D eigenvalue weighted by molar-refractivity contribution is 5.99. The van der Waals surface area contributed by atoms with Gasteiger partial charge in [-0.25, -0.2) is 0 Å². The summed E-state index contributed by atoms with van der Waals surface area (Å²) in [6.07, 6.45) is 1.93. The van der Waals surface area contributed by atoms with Crippen LogP contribution in [0.1, 0.15) is 35.7 Å². The van der Waals surface area contributed by atoms with Gasteiger partial charge in [-0.15, -0.1) is 0 Å². The van der Waals surface area contributed by atoms with Gasteiger partial charge in [-0.2, -0.15) is 0 Å². The van der Waals surface area contributed by atoms with Crippen LogP contribution in [0.2, 0.25) is 0 Å². The largest absolute Gasteiger partial charge is 0.398 e. The number of rotatable bonds is 2. The van der Waals surface area contributed by atoms with Gasteiger partial charge >= 0.3 is 0 Å². The molecule has 1 aromatic carbocycles. The van der Waals surface area contributed by atoms with E-state index in [4.69, 9.17) is 10.5 Å². The molecule has 0 bridgehead atoms. The Morgan fingerprint density at radius 1 is 1.50 bits per heavy atom. The van der Waals surface area contributed by atoms with Crippen molar-refractivity contribution < 1.29 is 9.53 Å². The van der Waals surface area contributed by atoms with Crippen LogP contribution in [0, 0.1) is 6.92 Å². The monoisotopic (exact) mass is 248 g/mol. The molecular weight excluding hydrogens is 228 g/mol. The normalized spacial score (nSPS) is 23.7. The molecule has 18 heavy (non-hydrogen) atoms. The summed E-state index contributed by atoms with van der Waals surface area (Å²) in [5.41, 5.74) is 8.02. The number of benzene rings is 1. The molecule has 4 heteroatoms. The number of amides is 1. The molecule has 1 fully saturated rings. The second-order valence-corrected chi connectivity index (χ2v) is 4.97. The molecule has 2 unspecified atom stereocenters. The number of nitrogens with two attached hydrogens (primary N) is 1. The van der Waals surface area contributed by atoms with Crippen molar-refractivity contribution in [1.29, 1.82) is 0 Å². The number of anilines is 1. The Kier molecular flexibility index (Phi) is 3.87. The zero-order valence-corrected chi connectivity index (χ0v) is 10.9. The van der Waals surface area contributed by atoms with E-state index in [1.54, 1.807) is 6.07 Å². The summed E-state index contributed by atoms with van der Waals surface area (Å²) in [6.45, 7) is 4.69. The number of ether oxygens (including phenoxy) is 1. The van der Waals surface area contributed by atoms with Crippen molar-refractivity contribution in [2.45, 2.75) is 38.8 Å². The predicted octanol–water partition coefficient (Wildman–Crippen LogP) is 1.87. The Bertz CT molecular complexity index is 445. The van der Waals surface area contributed by atoms with E-state index in [9.17, 15) is 4.79 Å². The summed E-state index contributed by atoms with van der Waals surface area (Å²) in [5.74, 6) is -0.0911. The minimum Gasteiger partial charge on any atom is -0.398 e. The summed E-state index contributed by atoms with van der Waals surface area (Å²) in [5, 5.41) is 3.03. The Labute approximate surface area is 108 Å². The van der Waals surface area contributed by atoms with E-state index in [1.165, 1.54) is 0 Å². The topological polar surface area (TPSA) is 64.3 Å². The van der Waals surface area contributed by atoms with Gasteiger partial charge in [0.05, 0.1) is 11.7 Å². The fourth-order valence-electron chi connectivity index (χ4n) is 2.28. The standard InChI is InChI=1S/C14H20N2O2/c1-9-3-4-12(13(15)7-9)14(17)16-11-5-6-18-10(2)8-11/h3-4,7,10-11H,5-6,8,15H2,1-2H3,(H,16,17). The first kappa shape index (κ1) is 12.9. The Morgan fingerprint density at radius 3 is 2.94 bits per heavy atom. The van der Waals surface area contributed by atoms with Gasteiger partial charge in [0.2, 0.25) is 0 Å². The van der Waals surface area contributed by atoms with Gasteiger partial charge in [0.15, 0.2) is 0 Å². The van der Waals surface area contributed by atoms with E-state index in [0.717, 1.165) is 18.4 Å². The van der Waals surface area contributed by atoms with E-state index >= 15 is 0 Å². The average Bonchev–Trinajstić information content (AvgIpc) is 2.28. The highest BCUT2D eigenvalue weighted by Gasteiger charge is 2.22. The van der Waals surface area contributed by atoms with Crippen LogP contribution in [-0.4, -0.2) is 24.7 Å². The summed E-state index contributed by atoms with van der Waals surface area (Å²) >= 11 is 0. The second-order valence-electron chi connectivity index (χ2n) is 4.97. The first-order chi connectivity index (χ1) is 8.56. The van der Waals surface area contributed by atoms with Gasteiger partial charge in [-0.1, -0.05) is 6.07 Å². The fraction of sp³-hybridized carbons (Fsp3) is 0.500. The minimum absolute atomic E-state index is 0.0911. The first-order valence-corrected chi connectivity index (χ1v) is 6.35. The molecule has 1 aliphatic heterocycles. The number of aryl methyl sites for hydroxylation is 1. The van der Waals surface area contributed by atoms with Crippen LogP contribution in [0.4, 0.5) is 5.69 Å².